The van der Waals surface area contributed by atoms with Crippen LogP contribution >= 0.6 is 0 Å². The lowest BCUT2D eigenvalue weighted by molar-refractivity contribution is -0.157. The molecule has 5 heteroatoms. The molecule has 1 N–H and O–H groups in total. The van der Waals surface area contributed by atoms with Crippen molar-refractivity contribution < 1.29 is 14.0 Å². The van der Waals surface area contributed by atoms with E-state index in [1.807, 2.05) is 30.3 Å². The fourth-order valence-electron chi connectivity index (χ4n) is 3.55. The van der Waals surface area contributed by atoms with Gasteiger partial charge in [0, 0.05) is 0 Å². The number of carbonyl (C=O) groups is 2. The van der Waals surface area contributed by atoms with E-state index in [0.717, 1.165) is 18.4 Å². The quantitative estimate of drug-likeness (QED) is 0.925. The molecule has 1 unspecified atom stereocenters. The van der Waals surface area contributed by atoms with Crippen molar-refractivity contribution in [3.63, 3.8) is 0 Å². The smallest absolute Gasteiger partial charge is 0.250 e. The maximum absolute atomic E-state index is 12.9. The van der Waals surface area contributed by atoms with E-state index in [1.165, 1.54) is 4.90 Å². The molecular formula is C16H19FN2O2. The van der Waals surface area contributed by atoms with E-state index in [0.29, 0.717) is 12.8 Å². The number of hydrogen-bond donors (Lipinski definition) is 1. The molecule has 1 aromatic carbocycles. The minimum Gasteiger partial charge on any atom is -0.338 e. The monoisotopic (exact) mass is 290 g/mol. The SMILES string of the molecule is O=C1C(c2ccccc2)NC(=O)C2(CCCC2)N1CCF. The lowest BCUT2D eigenvalue weighted by atomic mass is 9.88. The van der Waals surface area contributed by atoms with Gasteiger partial charge in [0.05, 0.1) is 6.54 Å². The standard InChI is InChI=1S/C16H19FN2O2/c17-10-11-19-14(20)13(12-6-2-1-3-7-12)18-15(21)16(19)8-4-5-9-16/h1-3,6-7,13H,4-5,8-11H2,(H,18,21). The van der Waals surface area contributed by atoms with E-state index in [2.05, 4.69) is 5.32 Å². The number of piperazine rings is 1. The molecule has 1 heterocycles. The molecule has 1 aliphatic carbocycles. The molecule has 112 valence electrons. The number of nitrogens with zero attached hydrogens (tertiary/aromatic N) is 1. The molecule has 2 fully saturated rings. The number of benzene rings is 1. The zero-order valence-electron chi connectivity index (χ0n) is 11.8. The van der Waals surface area contributed by atoms with Gasteiger partial charge in [-0.05, 0) is 18.4 Å². The van der Waals surface area contributed by atoms with Crippen molar-refractivity contribution in [3.8, 4) is 0 Å². The lowest BCUT2D eigenvalue weighted by Crippen LogP contribution is -2.67. The summed E-state index contributed by atoms with van der Waals surface area (Å²) >= 11 is 0. The summed E-state index contributed by atoms with van der Waals surface area (Å²) < 4.78 is 12.9. The van der Waals surface area contributed by atoms with Gasteiger partial charge in [0.25, 0.3) is 5.91 Å². The molecule has 0 radical (unpaired) electrons. The van der Waals surface area contributed by atoms with Crippen molar-refractivity contribution in [2.45, 2.75) is 37.3 Å². The highest BCUT2D eigenvalue weighted by atomic mass is 19.1. The van der Waals surface area contributed by atoms with Crippen molar-refractivity contribution in [1.82, 2.24) is 10.2 Å². The summed E-state index contributed by atoms with van der Waals surface area (Å²) in [6.07, 6.45) is 3.07. The van der Waals surface area contributed by atoms with Crippen LogP contribution < -0.4 is 5.32 Å². The summed E-state index contributed by atoms with van der Waals surface area (Å²) in [7, 11) is 0. The Morgan fingerprint density at radius 1 is 1.19 bits per heavy atom. The summed E-state index contributed by atoms with van der Waals surface area (Å²) in [5.41, 5.74) is -0.0818. The van der Waals surface area contributed by atoms with E-state index < -0.39 is 18.3 Å². The van der Waals surface area contributed by atoms with Crippen LogP contribution in [0.2, 0.25) is 0 Å². The van der Waals surface area contributed by atoms with Crippen LogP contribution in [-0.4, -0.2) is 35.5 Å². The van der Waals surface area contributed by atoms with Gasteiger partial charge in [-0.3, -0.25) is 9.59 Å². The number of alkyl halides is 1. The van der Waals surface area contributed by atoms with Crippen LogP contribution in [-0.2, 0) is 9.59 Å². The van der Waals surface area contributed by atoms with E-state index in [4.69, 9.17) is 0 Å². The molecule has 1 atom stereocenters. The molecule has 4 nitrogen and oxygen atoms in total. The van der Waals surface area contributed by atoms with Crippen LogP contribution in [0, 0.1) is 0 Å². The molecule has 0 aromatic heterocycles. The van der Waals surface area contributed by atoms with Crippen molar-refractivity contribution in [2.75, 3.05) is 13.2 Å². The van der Waals surface area contributed by atoms with Crippen molar-refractivity contribution in [3.05, 3.63) is 35.9 Å². The van der Waals surface area contributed by atoms with Crippen molar-refractivity contribution in [1.29, 1.82) is 0 Å². The molecule has 1 saturated carbocycles. The third kappa shape index (κ3) is 2.20. The van der Waals surface area contributed by atoms with Crippen LogP contribution in [0.15, 0.2) is 30.3 Å². The van der Waals surface area contributed by atoms with Gasteiger partial charge in [-0.1, -0.05) is 43.2 Å². The Balaban J connectivity index is 1.95. The fraction of sp³-hybridized carbons (Fsp3) is 0.500. The predicted molar refractivity (Wildman–Crippen MR) is 76.2 cm³/mol. The van der Waals surface area contributed by atoms with Gasteiger partial charge in [-0.2, -0.15) is 0 Å². The highest BCUT2D eigenvalue weighted by Crippen LogP contribution is 2.40. The molecule has 1 saturated heterocycles. The number of rotatable bonds is 3. The van der Waals surface area contributed by atoms with Crippen LogP contribution in [0.25, 0.3) is 0 Å². The zero-order chi connectivity index (χ0) is 14.9. The molecule has 1 aromatic rings. The third-order valence-corrected chi connectivity index (χ3v) is 4.60. The molecule has 2 aliphatic rings. The Labute approximate surface area is 123 Å². The lowest BCUT2D eigenvalue weighted by Gasteiger charge is -2.46. The van der Waals surface area contributed by atoms with Gasteiger partial charge in [0.15, 0.2) is 0 Å². The zero-order valence-corrected chi connectivity index (χ0v) is 11.8. The summed E-state index contributed by atoms with van der Waals surface area (Å²) in [5.74, 6) is -0.331. The highest BCUT2D eigenvalue weighted by molar-refractivity contribution is 6.00. The number of nitrogens with one attached hydrogen (secondary N) is 1. The second-order valence-corrected chi connectivity index (χ2v) is 5.73. The predicted octanol–water partition coefficient (Wildman–Crippen LogP) is 1.97. The normalized spacial score (nSPS) is 24.4. The summed E-state index contributed by atoms with van der Waals surface area (Å²) in [5, 5.41) is 2.85. The van der Waals surface area contributed by atoms with Gasteiger partial charge in [-0.15, -0.1) is 0 Å². The molecule has 1 spiro atoms. The summed E-state index contributed by atoms with van der Waals surface area (Å²) in [6.45, 7) is -0.627. The third-order valence-electron chi connectivity index (χ3n) is 4.60. The molecular weight excluding hydrogens is 271 g/mol. The Hall–Kier alpha value is -1.91. The second kappa shape index (κ2) is 5.47. The van der Waals surface area contributed by atoms with E-state index in [9.17, 15) is 14.0 Å². The molecule has 1 aliphatic heterocycles. The Kier molecular flexibility index (Phi) is 3.66. The van der Waals surface area contributed by atoms with Gasteiger partial charge < -0.3 is 10.2 Å². The van der Waals surface area contributed by atoms with Gasteiger partial charge in [0.1, 0.15) is 18.3 Å². The second-order valence-electron chi connectivity index (χ2n) is 5.73. The van der Waals surface area contributed by atoms with Crippen LogP contribution in [0.5, 0.6) is 0 Å². The fourth-order valence-corrected chi connectivity index (χ4v) is 3.55. The molecule has 21 heavy (non-hydrogen) atoms. The Morgan fingerprint density at radius 3 is 2.48 bits per heavy atom. The van der Waals surface area contributed by atoms with E-state index in [1.54, 1.807) is 0 Å². The van der Waals surface area contributed by atoms with E-state index >= 15 is 0 Å². The van der Waals surface area contributed by atoms with Crippen LogP contribution in [0.4, 0.5) is 4.39 Å². The number of carbonyl (C=O) groups excluding carboxylic acids is 2. The maximum Gasteiger partial charge on any atom is 0.250 e. The first kappa shape index (κ1) is 14.0. The molecule has 3 rings (SSSR count). The first-order chi connectivity index (χ1) is 10.2. The average Bonchev–Trinajstić information content (AvgIpc) is 2.99. The Morgan fingerprint density at radius 2 is 1.86 bits per heavy atom. The topological polar surface area (TPSA) is 49.4 Å². The molecule has 2 amide bonds. The summed E-state index contributed by atoms with van der Waals surface area (Å²) in [6, 6.07) is 8.43. The minimum atomic E-state index is -0.825. The number of halogens is 1. The van der Waals surface area contributed by atoms with Crippen molar-refractivity contribution in [2.24, 2.45) is 0 Å². The largest absolute Gasteiger partial charge is 0.338 e. The van der Waals surface area contributed by atoms with Gasteiger partial charge in [-0.25, -0.2) is 4.39 Å². The first-order valence-electron chi connectivity index (χ1n) is 7.42. The summed E-state index contributed by atoms with van der Waals surface area (Å²) in [4.78, 5) is 26.9. The maximum atomic E-state index is 12.9. The van der Waals surface area contributed by atoms with E-state index in [-0.39, 0.29) is 18.4 Å². The Bertz CT molecular complexity index is 540. The van der Waals surface area contributed by atoms with Crippen molar-refractivity contribution >= 4 is 11.8 Å². The molecule has 0 bridgehead atoms. The van der Waals surface area contributed by atoms with Gasteiger partial charge in [0.2, 0.25) is 5.91 Å². The van der Waals surface area contributed by atoms with Crippen LogP contribution in [0.1, 0.15) is 37.3 Å². The van der Waals surface area contributed by atoms with Gasteiger partial charge >= 0.3 is 0 Å². The first-order valence-corrected chi connectivity index (χ1v) is 7.42. The number of amides is 2. The minimum absolute atomic E-state index is 0.00438. The van der Waals surface area contributed by atoms with Crippen LogP contribution in [0.3, 0.4) is 0 Å². The number of hydrogen-bond acceptors (Lipinski definition) is 2. The highest BCUT2D eigenvalue weighted by Gasteiger charge is 2.53. The average molecular weight is 290 g/mol.